The summed E-state index contributed by atoms with van der Waals surface area (Å²) in [5.74, 6) is 0.300. The highest BCUT2D eigenvalue weighted by molar-refractivity contribution is 7.17. The largest absolute Gasteiger partial charge is 0.465 e. The summed E-state index contributed by atoms with van der Waals surface area (Å²) in [6.45, 7) is 0.387. The molecule has 2 aromatic rings. The third-order valence-corrected chi connectivity index (χ3v) is 3.37. The van der Waals surface area contributed by atoms with Gasteiger partial charge in [0.1, 0.15) is 11.5 Å². The van der Waals surface area contributed by atoms with Crippen molar-refractivity contribution < 1.29 is 14.3 Å². The molecule has 0 radical (unpaired) electrons. The van der Waals surface area contributed by atoms with Crippen molar-refractivity contribution in [3.63, 3.8) is 0 Å². The van der Waals surface area contributed by atoms with Gasteiger partial charge in [-0.1, -0.05) is 0 Å². The molecule has 0 aromatic carbocycles. The van der Waals surface area contributed by atoms with Crippen LogP contribution >= 0.6 is 11.3 Å². The van der Waals surface area contributed by atoms with Crippen LogP contribution in [0.2, 0.25) is 0 Å². The summed E-state index contributed by atoms with van der Waals surface area (Å²) in [6.07, 6.45) is 3.43. The van der Waals surface area contributed by atoms with Crippen molar-refractivity contribution in [2.45, 2.75) is 6.61 Å². The Bertz CT molecular complexity index is 537. The zero-order chi connectivity index (χ0) is 13.0. The molecule has 2 aromatic heterocycles. The Kier molecular flexibility index (Phi) is 4.01. The number of ether oxygens (including phenoxy) is 2. The highest BCUT2D eigenvalue weighted by atomic mass is 32.1. The fourth-order valence-corrected chi connectivity index (χ4v) is 2.29. The van der Waals surface area contributed by atoms with E-state index in [1.165, 1.54) is 18.4 Å². The van der Waals surface area contributed by atoms with Gasteiger partial charge < -0.3 is 9.47 Å². The molecule has 2 heterocycles. The monoisotopic (exact) mass is 264 g/mol. The van der Waals surface area contributed by atoms with Gasteiger partial charge in [0.25, 0.3) is 0 Å². The number of carbonyl (C=O) groups is 1. The second-order valence-corrected chi connectivity index (χ2v) is 4.56. The molecule has 6 heteroatoms. The van der Waals surface area contributed by atoms with Gasteiger partial charge in [0.05, 0.1) is 7.11 Å². The summed E-state index contributed by atoms with van der Waals surface area (Å²) >= 11 is 1.35. The number of aromatic nitrogens is 2. The first-order valence-electron chi connectivity index (χ1n) is 5.23. The summed E-state index contributed by atoms with van der Waals surface area (Å²) in [4.78, 5) is 21.2. The number of thiophene rings is 1. The molecular weight excluding hydrogens is 252 g/mol. The van der Waals surface area contributed by atoms with E-state index in [1.807, 2.05) is 6.07 Å². The van der Waals surface area contributed by atoms with Crippen LogP contribution in [-0.4, -0.2) is 30.2 Å². The van der Waals surface area contributed by atoms with Crippen molar-refractivity contribution in [3.05, 3.63) is 35.2 Å². The number of hydrogen-bond acceptors (Lipinski definition) is 6. The fraction of sp³-hybridized carbons (Fsp3) is 0.250. The van der Waals surface area contributed by atoms with Crippen LogP contribution in [0.3, 0.4) is 0 Å². The van der Waals surface area contributed by atoms with E-state index in [1.54, 1.807) is 25.6 Å². The van der Waals surface area contributed by atoms with Crippen LogP contribution in [0.25, 0.3) is 10.4 Å². The first kappa shape index (κ1) is 12.7. The Labute approximate surface area is 108 Å². The SMILES string of the molecule is COCc1ncc(-c2ccc(C(=O)OC)s2)cn1. The summed E-state index contributed by atoms with van der Waals surface area (Å²) in [5, 5.41) is 0. The average Bonchev–Trinajstić information content (AvgIpc) is 2.89. The summed E-state index contributed by atoms with van der Waals surface area (Å²) in [6, 6.07) is 3.58. The number of nitrogens with zero attached hydrogens (tertiary/aromatic N) is 2. The van der Waals surface area contributed by atoms with Crippen LogP contribution in [-0.2, 0) is 16.1 Å². The lowest BCUT2D eigenvalue weighted by molar-refractivity contribution is 0.0606. The highest BCUT2D eigenvalue weighted by Gasteiger charge is 2.10. The third kappa shape index (κ3) is 2.72. The van der Waals surface area contributed by atoms with Crippen molar-refractivity contribution >= 4 is 17.3 Å². The second kappa shape index (κ2) is 5.70. The molecule has 0 aliphatic rings. The van der Waals surface area contributed by atoms with Gasteiger partial charge in [-0.3, -0.25) is 0 Å². The predicted molar refractivity (Wildman–Crippen MR) is 67.4 cm³/mol. The van der Waals surface area contributed by atoms with Gasteiger partial charge in [0.2, 0.25) is 0 Å². The molecule has 0 bridgehead atoms. The van der Waals surface area contributed by atoms with Crippen molar-refractivity contribution in [2.75, 3.05) is 14.2 Å². The standard InChI is InChI=1S/C12H12N2O3S/c1-16-7-11-13-5-8(6-14-11)9-3-4-10(18-9)12(15)17-2/h3-6H,7H2,1-2H3. The smallest absolute Gasteiger partial charge is 0.348 e. The average molecular weight is 264 g/mol. The molecule has 94 valence electrons. The Morgan fingerprint density at radius 3 is 2.61 bits per heavy atom. The number of methoxy groups -OCH3 is 2. The van der Waals surface area contributed by atoms with Gasteiger partial charge in [-0.05, 0) is 12.1 Å². The lowest BCUT2D eigenvalue weighted by Crippen LogP contribution is -1.96. The maximum Gasteiger partial charge on any atom is 0.348 e. The lowest BCUT2D eigenvalue weighted by atomic mass is 10.3. The molecule has 0 aliphatic carbocycles. The van der Waals surface area contributed by atoms with E-state index in [2.05, 4.69) is 14.7 Å². The van der Waals surface area contributed by atoms with Crippen molar-refractivity contribution in [2.24, 2.45) is 0 Å². The minimum Gasteiger partial charge on any atom is -0.465 e. The van der Waals surface area contributed by atoms with Crippen molar-refractivity contribution in [1.29, 1.82) is 0 Å². The minimum absolute atomic E-state index is 0.330. The van der Waals surface area contributed by atoms with E-state index in [0.717, 1.165) is 10.4 Å². The molecule has 0 aliphatic heterocycles. The molecule has 0 amide bonds. The minimum atomic E-state index is -0.330. The van der Waals surface area contributed by atoms with Gasteiger partial charge in [-0.2, -0.15) is 0 Å². The lowest BCUT2D eigenvalue weighted by Gasteiger charge is -1.99. The molecule has 0 spiro atoms. The molecule has 0 fully saturated rings. The highest BCUT2D eigenvalue weighted by Crippen LogP contribution is 2.27. The van der Waals surface area contributed by atoms with Crippen molar-refractivity contribution in [1.82, 2.24) is 9.97 Å². The van der Waals surface area contributed by atoms with Crippen LogP contribution < -0.4 is 0 Å². The Balaban J connectivity index is 2.20. The van der Waals surface area contributed by atoms with Crippen LogP contribution in [0.1, 0.15) is 15.5 Å². The number of esters is 1. The van der Waals surface area contributed by atoms with Gasteiger partial charge in [0.15, 0.2) is 5.82 Å². The maximum atomic E-state index is 11.3. The third-order valence-electron chi connectivity index (χ3n) is 2.26. The quantitative estimate of drug-likeness (QED) is 0.792. The second-order valence-electron chi connectivity index (χ2n) is 3.48. The summed E-state index contributed by atoms with van der Waals surface area (Å²) in [5.41, 5.74) is 0.870. The molecule has 0 atom stereocenters. The van der Waals surface area contributed by atoms with E-state index in [9.17, 15) is 4.79 Å². The molecule has 0 unspecified atom stereocenters. The van der Waals surface area contributed by atoms with Gasteiger partial charge in [-0.25, -0.2) is 14.8 Å². The maximum absolute atomic E-state index is 11.3. The molecule has 0 saturated carbocycles. The molecule has 18 heavy (non-hydrogen) atoms. The normalized spacial score (nSPS) is 10.3. The number of carbonyl (C=O) groups excluding carboxylic acids is 1. The van der Waals surface area contributed by atoms with E-state index < -0.39 is 0 Å². The number of hydrogen-bond donors (Lipinski definition) is 0. The molecule has 5 nitrogen and oxygen atoms in total. The van der Waals surface area contributed by atoms with Gasteiger partial charge in [-0.15, -0.1) is 11.3 Å². The van der Waals surface area contributed by atoms with Crippen LogP contribution in [0.4, 0.5) is 0 Å². The van der Waals surface area contributed by atoms with E-state index in [4.69, 9.17) is 4.74 Å². The zero-order valence-corrected chi connectivity index (χ0v) is 10.9. The Morgan fingerprint density at radius 1 is 1.28 bits per heavy atom. The van der Waals surface area contributed by atoms with E-state index >= 15 is 0 Å². The van der Waals surface area contributed by atoms with Crippen LogP contribution in [0.5, 0.6) is 0 Å². The first-order chi connectivity index (χ1) is 8.74. The van der Waals surface area contributed by atoms with Gasteiger partial charge in [0, 0.05) is 29.9 Å². The summed E-state index contributed by atoms with van der Waals surface area (Å²) in [7, 11) is 2.96. The molecule has 2 rings (SSSR count). The Morgan fingerprint density at radius 2 is 2.00 bits per heavy atom. The van der Waals surface area contributed by atoms with E-state index in [0.29, 0.717) is 17.3 Å². The molecular formula is C12H12N2O3S. The van der Waals surface area contributed by atoms with E-state index in [-0.39, 0.29) is 5.97 Å². The van der Waals surface area contributed by atoms with Crippen LogP contribution in [0.15, 0.2) is 24.5 Å². The molecule has 0 N–H and O–H groups in total. The topological polar surface area (TPSA) is 61.3 Å². The number of rotatable bonds is 4. The Hall–Kier alpha value is -1.79. The fourth-order valence-electron chi connectivity index (χ4n) is 1.39. The summed E-state index contributed by atoms with van der Waals surface area (Å²) < 4.78 is 9.60. The predicted octanol–water partition coefficient (Wildman–Crippen LogP) is 2.14. The first-order valence-corrected chi connectivity index (χ1v) is 6.04. The van der Waals surface area contributed by atoms with Crippen molar-refractivity contribution in [3.8, 4) is 10.4 Å². The van der Waals surface area contributed by atoms with Crippen LogP contribution in [0, 0.1) is 0 Å². The van der Waals surface area contributed by atoms with Gasteiger partial charge >= 0.3 is 5.97 Å². The zero-order valence-electron chi connectivity index (χ0n) is 10.0. The molecule has 0 saturated heterocycles.